The Bertz CT molecular complexity index is 765. The third-order valence-electron chi connectivity index (χ3n) is 3.05. The molecule has 0 aliphatic heterocycles. The Kier molecular flexibility index (Phi) is 4.62. The van der Waals surface area contributed by atoms with Gasteiger partial charge < -0.3 is 9.26 Å². The molecule has 0 radical (unpaired) electrons. The molecule has 1 aromatic heterocycles. The molecule has 7 nitrogen and oxygen atoms in total. The number of aromatic nitrogens is 1. The van der Waals surface area contributed by atoms with Crippen LogP contribution in [0.4, 0.5) is 0 Å². The van der Waals surface area contributed by atoms with E-state index in [0.717, 1.165) is 4.31 Å². The molecule has 0 fully saturated rings. The Balaban J connectivity index is 2.20. The van der Waals surface area contributed by atoms with Crippen molar-refractivity contribution >= 4 is 16.0 Å². The number of hydrogen-bond donors (Lipinski definition) is 0. The van der Waals surface area contributed by atoms with Gasteiger partial charge in [-0.15, -0.1) is 0 Å². The highest BCUT2D eigenvalue weighted by Crippen LogP contribution is 2.17. The summed E-state index contributed by atoms with van der Waals surface area (Å²) in [5.74, 6) is 0.0959. The van der Waals surface area contributed by atoms with Crippen LogP contribution in [0.3, 0.4) is 0 Å². The lowest BCUT2D eigenvalue weighted by Gasteiger charge is -2.15. The van der Waals surface area contributed by atoms with E-state index in [2.05, 4.69) is 9.89 Å². The van der Waals surface area contributed by atoms with Gasteiger partial charge in [0.25, 0.3) is 0 Å². The van der Waals surface area contributed by atoms with E-state index >= 15 is 0 Å². The summed E-state index contributed by atoms with van der Waals surface area (Å²) in [6.07, 6.45) is 0. The minimum absolute atomic E-state index is 0.0860. The van der Waals surface area contributed by atoms with E-state index in [4.69, 9.17) is 4.52 Å². The van der Waals surface area contributed by atoms with Gasteiger partial charge in [-0.2, -0.15) is 4.31 Å². The molecular formula is C14H16N2O5S. The molecule has 0 amide bonds. The fourth-order valence-corrected chi connectivity index (χ4v) is 3.01. The van der Waals surface area contributed by atoms with Crippen LogP contribution >= 0.6 is 0 Å². The fraction of sp³-hybridized carbons (Fsp3) is 0.286. The van der Waals surface area contributed by atoms with Crippen LogP contribution in [0.5, 0.6) is 0 Å². The van der Waals surface area contributed by atoms with Gasteiger partial charge in [-0.05, 0) is 31.2 Å². The summed E-state index contributed by atoms with van der Waals surface area (Å²) in [6.45, 7) is 1.83. The predicted molar refractivity (Wildman–Crippen MR) is 77.7 cm³/mol. The van der Waals surface area contributed by atoms with E-state index in [1.54, 1.807) is 13.0 Å². The minimum atomic E-state index is -3.68. The van der Waals surface area contributed by atoms with Gasteiger partial charge in [0.15, 0.2) is 0 Å². The van der Waals surface area contributed by atoms with Gasteiger partial charge in [0.05, 0.1) is 29.8 Å². The zero-order valence-corrected chi connectivity index (χ0v) is 13.3. The molecule has 8 heteroatoms. The van der Waals surface area contributed by atoms with Crippen molar-refractivity contribution in [3.8, 4) is 0 Å². The quantitative estimate of drug-likeness (QED) is 0.776. The first kappa shape index (κ1) is 16.2. The molecule has 2 aromatic rings. The number of carbonyl (C=O) groups is 1. The van der Waals surface area contributed by atoms with Gasteiger partial charge in [-0.25, -0.2) is 13.2 Å². The number of sulfonamides is 1. The van der Waals surface area contributed by atoms with Gasteiger partial charge in [0, 0.05) is 13.1 Å². The summed E-state index contributed by atoms with van der Waals surface area (Å²) in [4.78, 5) is 11.4. The van der Waals surface area contributed by atoms with Gasteiger partial charge in [0.1, 0.15) is 5.76 Å². The van der Waals surface area contributed by atoms with Crippen molar-refractivity contribution in [1.29, 1.82) is 0 Å². The van der Waals surface area contributed by atoms with Crippen molar-refractivity contribution in [2.75, 3.05) is 14.2 Å². The molecule has 0 N–H and O–H groups in total. The first-order chi connectivity index (χ1) is 10.3. The monoisotopic (exact) mass is 324 g/mol. The molecule has 0 bridgehead atoms. The molecule has 1 heterocycles. The highest BCUT2D eigenvalue weighted by Gasteiger charge is 2.22. The molecular weight excluding hydrogens is 308 g/mol. The standard InChI is InChI=1S/C14H16N2O5S/c1-10-8-12(15-21-10)9-16(2)22(18,19)13-6-4-11(5-7-13)14(17)20-3/h4-8H,9H2,1-3H3. The molecule has 22 heavy (non-hydrogen) atoms. The SMILES string of the molecule is COC(=O)c1ccc(S(=O)(=O)N(C)Cc2cc(C)on2)cc1. The summed E-state index contributed by atoms with van der Waals surface area (Å²) < 4.78 is 35.5. The molecule has 1 aromatic carbocycles. The van der Waals surface area contributed by atoms with Gasteiger partial charge in [-0.1, -0.05) is 5.16 Å². The van der Waals surface area contributed by atoms with Crippen LogP contribution in [-0.4, -0.2) is 38.0 Å². The van der Waals surface area contributed by atoms with Crippen LogP contribution in [0.15, 0.2) is 39.8 Å². The second-order valence-corrected chi connectivity index (χ2v) is 6.75. The van der Waals surface area contributed by atoms with E-state index in [1.807, 2.05) is 0 Å². The van der Waals surface area contributed by atoms with Crippen molar-refractivity contribution in [3.63, 3.8) is 0 Å². The lowest BCUT2D eigenvalue weighted by Crippen LogP contribution is -2.26. The second kappa shape index (κ2) is 6.29. The molecule has 2 rings (SSSR count). The molecule has 0 saturated heterocycles. The number of esters is 1. The maximum Gasteiger partial charge on any atom is 0.337 e. The van der Waals surface area contributed by atoms with Gasteiger partial charge in [0.2, 0.25) is 10.0 Å². The van der Waals surface area contributed by atoms with E-state index < -0.39 is 16.0 Å². The predicted octanol–water partition coefficient (Wildman–Crippen LogP) is 1.59. The van der Waals surface area contributed by atoms with Crippen molar-refractivity contribution in [1.82, 2.24) is 9.46 Å². The van der Waals surface area contributed by atoms with E-state index in [9.17, 15) is 13.2 Å². The van der Waals surface area contributed by atoms with Gasteiger partial charge >= 0.3 is 5.97 Å². The van der Waals surface area contributed by atoms with Crippen LogP contribution in [0.1, 0.15) is 21.8 Å². The van der Waals surface area contributed by atoms with Crippen molar-refractivity contribution in [3.05, 3.63) is 47.3 Å². The third-order valence-corrected chi connectivity index (χ3v) is 4.86. The molecule has 0 unspecified atom stereocenters. The Morgan fingerprint density at radius 1 is 1.32 bits per heavy atom. The topological polar surface area (TPSA) is 89.7 Å². The lowest BCUT2D eigenvalue weighted by atomic mass is 10.2. The Hall–Kier alpha value is -2.19. The summed E-state index contributed by atoms with van der Waals surface area (Å²) in [5, 5.41) is 3.77. The molecule has 0 spiro atoms. The van der Waals surface area contributed by atoms with Gasteiger partial charge in [-0.3, -0.25) is 0 Å². The Morgan fingerprint density at radius 3 is 2.45 bits per heavy atom. The first-order valence-electron chi connectivity index (χ1n) is 6.41. The third kappa shape index (κ3) is 3.34. The number of nitrogens with zero attached hydrogens (tertiary/aromatic N) is 2. The van der Waals surface area contributed by atoms with E-state index in [0.29, 0.717) is 11.5 Å². The normalized spacial score (nSPS) is 11.6. The number of ether oxygens (including phenoxy) is 1. The number of rotatable bonds is 5. The highest BCUT2D eigenvalue weighted by atomic mass is 32.2. The summed E-state index contributed by atoms with van der Waals surface area (Å²) in [5.41, 5.74) is 0.811. The van der Waals surface area contributed by atoms with Crippen LogP contribution in [0, 0.1) is 6.92 Å². The zero-order valence-electron chi connectivity index (χ0n) is 12.4. The smallest absolute Gasteiger partial charge is 0.337 e. The Morgan fingerprint density at radius 2 is 1.95 bits per heavy atom. The summed E-state index contributed by atoms with van der Waals surface area (Å²) in [6, 6.07) is 7.23. The number of benzene rings is 1. The highest BCUT2D eigenvalue weighted by molar-refractivity contribution is 7.89. The van der Waals surface area contributed by atoms with Crippen LogP contribution in [0.2, 0.25) is 0 Å². The summed E-state index contributed by atoms with van der Waals surface area (Å²) in [7, 11) is -0.961. The molecule has 0 atom stereocenters. The second-order valence-electron chi connectivity index (χ2n) is 4.71. The van der Waals surface area contributed by atoms with Crippen LogP contribution < -0.4 is 0 Å². The fourth-order valence-electron chi connectivity index (χ4n) is 1.87. The number of aryl methyl sites for hydroxylation is 1. The van der Waals surface area contributed by atoms with Crippen molar-refractivity contribution < 1.29 is 22.5 Å². The van der Waals surface area contributed by atoms with E-state index in [-0.39, 0.29) is 17.0 Å². The molecule has 118 valence electrons. The summed E-state index contributed by atoms with van der Waals surface area (Å²) >= 11 is 0. The maximum atomic E-state index is 12.4. The molecule has 0 saturated carbocycles. The average Bonchev–Trinajstić information content (AvgIpc) is 2.91. The average molecular weight is 324 g/mol. The van der Waals surface area contributed by atoms with E-state index in [1.165, 1.54) is 38.4 Å². The van der Waals surface area contributed by atoms with Crippen molar-refractivity contribution in [2.45, 2.75) is 18.4 Å². The van der Waals surface area contributed by atoms with Crippen molar-refractivity contribution in [2.24, 2.45) is 0 Å². The first-order valence-corrected chi connectivity index (χ1v) is 7.85. The minimum Gasteiger partial charge on any atom is -0.465 e. The number of hydrogen-bond acceptors (Lipinski definition) is 6. The number of methoxy groups -OCH3 is 1. The zero-order chi connectivity index (χ0) is 16.3. The lowest BCUT2D eigenvalue weighted by molar-refractivity contribution is 0.0600. The number of carbonyl (C=O) groups excluding carboxylic acids is 1. The van der Waals surface area contributed by atoms with Crippen LogP contribution in [-0.2, 0) is 21.3 Å². The maximum absolute atomic E-state index is 12.4. The molecule has 0 aliphatic carbocycles. The molecule has 0 aliphatic rings. The Labute approximate surface area is 128 Å². The van der Waals surface area contributed by atoms with Crippen LogP contribution in [0.25, 0.3) is 0 Å². The largest absolute Gasteiger partial charge is 0.465 e.